The molecule has 0 heterocycles. The van der Waals surface area contributed by atoms with Crippen LogP contribution in [0.2, 0.25) is 0 Å². The lowest BCUT2D eigenvalue weighted by Crippen LogP contribution is -2.38. The largest absolute Gasteiger partial charge is 0.494 e. The highest BCUT2D eigenvalue weighted by molar-refractivity contribution is 5.92. The molecule has 8 heteroatoms. The van der Waals surface area contributed by atoms with Gasteiger partial charge in [0, 0.05) is 18.2 Å². The highest BCUT2D eigenvalue weighted by atomic mass is 16.5. The maximum Gasteiger partial charge on any atom is 0.343 e. The molecule has 0 saturated heterocycles. The monoisotopic (exact) mass is 600 g/mol. The molecule has 3 aromatic rings. The molecule has 44 heavy (non-hydrogen) atoms. The summed E-state index contributed by atoms with van der Waals surface area (Å²) in [6.45, 7) is 3.22. The second-order valence-electron chi connectivity index (χ2n) is 11.5. The Balaban J connectivity index is 1.21. The van der Waals surface area contributed by atoms with Crippen molar-refractivity contribution < 1.29 is 29.0 Å². The predicted octanol–water partition coefficient (Wildman–Crippen LogP) is 7.17. The molecule has 0 radical (unpaired) electrons. The van der Waals surface area contributed by atoms with Gasteiger partial charge < -0.3 is 25.2 Å². The average Bonchev–Trinajstić information content (AvgIpc) is 3.58. The van der Waals surface area contributed by atoms with Gasteiger partial charge in [0.1, 0.15) is 17.5 Å². The van der Waals surface area contributed by atoms with E-state index < -0.39 is 18.0 Å². The number of anilines is 1. The summed E-state index contributed by atoms with van der Waals surface area (Å²) in [4.78, 5) is 36.9. The summed E-state index contributed by atoms with van der Waals surface area (Å²) in [6.07, 6.45) is 10.2. The number of rotatable bonds is 17. The van der Waals surface area contributed by atoms with Crippen molar-refractivity contribution in [1.82, 2.24) is 5.32 Å². The molecule has 4 rings (SSSR count). The fraction of sp³-hybridized carbons (Fsp3) is 0.417. The number of ether oxygens (including phenoxy) is 2. The molecule has 1 unspecified atom stereocenters. The fourth-order valence-electron chi connectivity index (χ4n) is 5.30. The Morgan fingerprint density at radius 2 is 1.45 bits per heavy atom. The summed E-state index contributed by atoms with van der Waals surface area (Å²) < 4.78 is 11.3. The quantitative estimate of drug-likeness (QED) is 0.0855. The van der Waals surface area contributed by atoms with Gasteiger partial charge in [0.25, 0.3) is 0 Å². The van der Waals surface area contributed by atoms with Gasteiger partial charge in [-0.3, -0.25) is 9.59 Å². The van der Waals surface area contributed by atoms with Crippen molar-refractivity contribution in [3.8, 4) is 11.5 Å². The first kappa shape index (κ1) is 32.7. The summed E-state index contributed by atoms with van der Waals surface area (Å²) in [5, 5.41) is 15.9. The van der Waals surface area contributed by atoms with Crippen LogP contribution in [0.5, 0.6) is 11.5 Å². The highest BCUT2D eigenvalue weighted by Crippen LogP contribution is 2.26. The third-order valence-corrected chi connectivity index (χ3v) is 7.98. The van der Waals surface area contributed by atoms with Gasteiger partial charge in [-0.2, -0.15) is 0 Å². The van der Waals surface area contributed by atoms with Crippen molar-refractivity contribution >= 4 is 23.5 Å². The van der Waals surface area contributed by atoms with Gasteiger partial charge in [-0.25, -0.2) is 4.79 Å². The third-order valence-electron chi connectivity index (χ3n) is 7.98. The zero-order valence-electron chi connectivity index (χ0n) is 25.6. The van der Waals surface area contributed by atoms with Crippen LogP contribution in [0.15, 0.2) is 72.8 Å². The van der Waals surface area contributed by atoms with E-state index in [0.29, 0.717) is 24.5 Å². The molecule has 3 N–H and O–H groups in total. The second-order valence-corrected chi connectivity index (χ2v) is 11.5. The molecule has 0 bridgehead atoms. The Kier molecular flexibility index (Phi) is 12.8. The standard InChI is InChI=1S/C36H44N2O6/c1-2-3-4-5-8-23-43-31-21-15-29(16-22-31)36(42)44-32-19-13-26(14-20-32)24-33(35(40)41)37-25-27-11-17-30(18-12-27)38-34(39)28-9-6-7-10-28/h11-22,28,33,37H,2-10,23-25H2,1H3,(H,38,39)(H,40,41). The number of benzene rings is 3. The first-order chi connectivity index (χ1) is 21.4. The predicted molar refractivity (Wildman–Crippen MR) is 171 cm³/mol. The Bertz CT molecular complexity index is 1330. The van der Waals surface area contributed by atoms with Crippen LogP contribution in [0.4, 0.5) is 5.69 Å². The maximum atomic E-state index is 12.6. The van der Waals surface area contributed by atoms with E-state index >= 15 is 0 Å². The SMILES string of the molecule is CCCCCCCOc1ccc(C(=O)Oc2ccc(CC(NCc3ccc(NC(=O)C4CCCC4)cc3)C(=O)O)cc2)cc1. The molecule has 234 valence electrons. The van der Waals surface area contributed by atoms with Crippen molar-refractivity contribution in [3.63, 3.8) is 0 Å². The van der Waals surface area contributed by atoms with Gasteiger partial charge in [0.05, 0.1) is 12.2 Å². The number of hydrogen-bond donors (Lipinski definition) is 3. The van der Waals surface area contributed by atoms with Crippen LogP contribution in [0.3, 0.4) is 0 Å². The normalized spacial score (nSPS) is 13.8. The molecule has 1 saturated carbocycles. The first-order valence-corrected chi connectivity index (χ1v) is 15.8. The summed E-state index contributed by atoms with van der Waals surface area (Å²) >= 11 is 0. The Hall–Kier alpha value is -4.17. The molecule has 0 aliphatic heterocycles. The van der Waals surface area contributed by atoms with Crippen LogP contribution in [0, 0.1) is 5.92 Å². The Morgan fingerprint density at radius 1 is 0.818 bits per heavy atom. The van der Waals surface area contributed by atoms with Gasteiger partial charge in [0.2, 0.25) is 5.91 Å². The minimum Gasteiger partial charge on any atom is -0.494 e. The van der Waals surface area contributed by atoms with E-state index in [1.165, 1.54) is 19.3 Å². The van der Waals surface area contributed by atoms with Crippen molar-refractivity contribution in [1.29, 1.82) is 0 Å². The number of carbonyl (C=O) groups excluding carboxylic acids is 2. The molecule has 0 spiro atoms. The number of hydrogen-bond acceptors (Lipinski definition) is 6. The van der Waals surface area contributed by atoms with E-state index in [9.17, 15) is 19.5 Å². The van der Waals surface area contributed by atoms with Gasteiger partial charge in [-0.1, -0.05) is 69.7 Å². The van der Waals surface area contributed by atoms with E-state index in [0.717, 1.165) is 61.1 Å². The average molecular weight is 601 g/mol. The van der Waals surface area contributed by atoms with Crippen LogP contribution < -0.4 is 20.1 Å². The van der Waals surface area contributed by atoms with Crippen molar-refractivity contribution in [3.05, 3.63) is 89.5 Å². The van der Waals surface area contributed by atoms with Gasteiger partial charge >= 0.3 is 11.9 Å². The van der Waals surface area contributed by atoms with Crippen LogP contribution in [-0.2, 0) is 22.6 Å². The van der Waals surface area contributed by atoms with E-state index in [-0.39, 0.29) is 18.2 Å². The number of esters is 1. The fourth-order valence-corrected chi connectivity index (χ4v) is 5.30. The summed E-state index contributed by atoms with van der Waals surface area (Å²) in [5.41, 5.74) is 2.88. The topological polar surface area (TPSA) is 114 Å². The second kappa shape index (κ2) is 17.2. The Labute approximate surface area is 260 Å². The smallest absolute Gasteiger partial charge is 0.343 e. The van der Waals surface area contributed by atoms with E-state index in [2.05, 4.69) is 17.6 Å². The number of unbranched alkanes of at least 4 members (excludes halogenated alkanes) is 4. The summed E-state index contributed by atoms with van der Waals surface area (Å²) in [6, 6.07) is 20.4. The van der Waals surface area contributed by atoms with E-state index in [1.807, 2.05) is 24.3 Å². The summed E-state index contributed by atoms with van der Waals surface area (Å²) in [7, 11) is 0. The number of carbonyl (C=O) groups is 3. The lowest BCUT2D eigenvalue weighted by molar-refractivity contribution is -0.139. The van der Waals surface area contributed by atoms with Crippen molar-refractivity contribution in [2.75, 3.05) is 11.9 Å². The zero-order chi connectivity index (χ0) is 31.1. The molecule has 1 aliphatic carbocycles. The minimum atomic E-state index is -0.954. The molecule has 1 atom stereocenters. The molecule has 0 aromatic heterocycles. The van der Waals surface area contributed by atoms with Crippen LogP contribution in [-0.4, -0.2) is 35.6 Å². The van der Waals surface area contributed by atoms with Crippen molar-refractivity contribution in [2.24, 2.45) is 5.92 Å². The van der Waals surface area contributed by atoms with Crippen molar-refractivity contribution in [2.45, 2.75) is 83.7 Å². The van der Waals surface area contributed by atoms with Gasteiger partial charge in [-0.05, 0) is 85.3 Å². The van der Waals surface area contributed by atoms with E-state index in [4.69, 9.17) is 9.47 Å². The van der Waals surface area contributed by atoms with Crippen LogP contribution in [0.25, 0.3) is 0 Å². The molecular formula is C36H44N2O6. The molecule has 1 fully saturated rings. The number of nitrogens with one attached hydrogen (secondary N) is 2. The summed E-state index contributed by atoms with van der Waals surface area (Å²) in [5.74, 6) is -0.152. The number of carboxylic acids is 1. The van der Waals surface area contributed by atoms with E-state index in [1.54, 1.807) is 48.5 Å². The zero-order valence-corrected chi connectivity index (χ0v) is 25.6. The molecule has 3 aromatic carbocycles. The molecule has 1 aliphatic rings. The minimum absolute atomic E-state index is 0.0722. The first-order valence-electron chi connectivity index (χ1n) is 15.8. The number of carboxylic acid groups (broad SMARTS) is 1. The van der Waals surface area contributed by atoms with Gasteiger partial charge in [0.15, 0.2) is 0 Å². The maximum absolute atomic E-state index is 12.6. The molecular weight excluding hydrogens is 556 g/mol. The van der Waals surface area contributed by atoms with Gasteiger partial charge in [-0.15, -0.1) is 0 Å². The molecule has 1 amide bonds. The number of amides is 1. The lowest BCUT2D eigenvalue weighted by atomic mass is 10.1. The highest BCUT2D eigenvalue weighted by Gasteiger charge is 2.22. The third kappa shape index (κ3) is 10.5. The Morgan fingerprint density at radius 3 is 2.11 bits per heavy atom. The molecule has 8 nitrogen and oxygen atoms in total. The lowest BCUT2D eigenvalue weighted by Gasteiger charge is -2.15. The van der Waals surface area contributed by atoms with Crippen LogP contribution >= 0.6 is 0 Å². The van der Waals surface area contributed by atoms with Crippen LogP contribution in [0.1, 0.15) is 86.2 Å². The number of aliphatic carboxylic acids is 1.